The maximum Gasteiger partial charge on any atom is 0.222 e. The summed E-state index contributed by atoms with van der Waals surface area (Å²) in [7, 11) is 1.96. The molecule has 0 spiro atoms. The number of nitrogens with one attached hydrogen (secondary N) is 1. The van der Waals surface area contributed by atoms with Crippen molar-refractivity contribution in [1.29, 1.82) is 0 Å². The van der Waals surface area contributed by atoms with Gasteiger partial charge in [0.25, 0.3) is 0 Å². The molecule has 0 saturated heterocycles. The normalized spacial score (nSPS) is 12.5. The number of benzene rings is 1. The Hall–Kier alpha value is -2.70. The SMILES string of the molecule is CC(NC(=O)CCn1cncn1)c1nc2ccccc2n1C. The zero-order valence-electron chi connectivity index (χ0n) is 12.6. The number of nitrogens with zero attached hydrogens (tertiary/aromatic N) is 5. The summed E-state index contributed by atoms with van der Waals surface area (Å²) in [6, 6.07) is 7.78. The van der Waals surface area contributed by atoms with E-state index in [-0.39, 0.29) is 11.9 Å². The van der Waals surface area contributed by atoms with Crippen LogP contribution in [-0.2, 0) is 18.4 Å². The summed E-state index contributed by atoms with van der Waals surface area (Å²) in [6.07, 6.45) is 3.42. The summed E-state index contributed by atoms with van der Waals surface area (Å²) in [5.41, 5.74) is 1.99. The number of aromatic nitrogens is 5. The fraction of sp³-hybridized carbons (Fsp3) is 0.333. The number of rotatable bonds is 5. The molecular formula is C15H18N6O. The largest absolute Gasteiger partial charge is 0.346 e. The Morgan fingerprint density at radius 3 is 2.91 bits per heavy atom. The molecule has 0 bridgehead atoms. The maximum absolute atomic E-state index is 12.0. The van der Waals surface area contributed by atoms with E-state index < -0.39 is 0 Å². The average Bonchev–Trinajstić information content (AvgIpc) is 3.14. The van der Waals surface area contributed by atoms with Gasteiger partial charge in [-0.1, -0.05) is 12.1 Å². The molecule has 2 aromatic heterocycles. The van der Waals surface area contributed by atoms with E-state index in [1.54, 1.807) is 11.0 Å². The lowest BCUT2D eigenvalue weighted by Gasteiger charge is -2.14. The summed E-state index contributed by atoms with van der Waals surface area (Å²) < 4.78 is 3.65. The molecule has 2 heterocycles. The minimum Gasteiger partial charge on any atom is -0.346 e. The van der Waals surface area contributed by atoms with Crippen LogP contribution in [0, 0.1) is 0 Å². The standard InChI is InChI=1S/C15H18N6O/c1-11(18-14(22)7-8-21-10-16-9-17-21)15-19-12-5-3-4-6-13(12)20(15)2/h3-6,9-11H,7-8H2,1-2H3,(H,18,22). The Bertz CT molecular complexity index is 777. The Labute approximate surface area is 128 Å². The predicted molar refractivity (Wildman–Crippen MR) is 81.9 cm³/mol. The van der Waals surface area contributed by atoms with Crippen molar-refractivity contribution < 1.29 is 4.79 Å². The lowest BCUT2D eigenvalue weighted by Crippen LogP contribution is -2.29. The number of amides is 1. The monoisotopic (exact) mass is 298 g/mol. The zero-order valence-corrected chi connectivity index (χ0v) is 12.6. The van der Waals surface area contributed by atoms with Crippen molar-refractivity contribution in [3.8, 4) is 0 Å². The van der Waals surface area contributed by atoms with Crippen molar-refractivity contribution in [1.82, 2.24) is 29.6 Å². The quantitative estimate of drug-likeness (QED) is 0.773. The first kappa shape index (κ1) is 14.2. The molecule has 3 aromatic rings. The Balaban J connectivity index is 1.66. The highest BCUT2D eigenvalue weighted by atomic mass is 16.1. The van der Waals surface area contributed by atoms with Crippen molar-refractivity contribution >= 4 is 16.9 Å². The molecule has 1 N–H and O–H groups in total. The van der Waals surface area contributed by atoms with Crippen molar-refractivity contribution in [2.24, 2.45) is 7.05 Å². The van der Waals surface area contributed by atoms with Gasteiger partial charge in [0.05, 0.1) is 23.6 Å². The topological polar surface area (TPSA) is 77.6 Å². The minimum absolute atomic E-state index is 0.0324. The van der Waals surface area contributed by atoms with E-state index in [0.29, 0.717) is 13.0 Å². The minimum atomic E-state index is -0.152. The van der Waals surface area contributed by atoms with Gasteiger partial charge in [-0.3, -0.25) is 9.48 Å². The fourth-order valence-electron chi connectivity index (χ4n) is 2.49. The van der Waals surface area contributed by atoms with Gasteiger partial charge in [-0.05, 0) is 19.1 Å². The molecule has 0 aliphatic rings. The molecule has 0 aliphatic heterocycles. The number of para-hydroxylation sites is 2. The lowest BCUT2D eigenvalue weighted by molar-refractivity contribution is -0.122. The predicted octanol–water partition coefficient (Wildman–Crippen LogP) is 1.43. The van der Waals surface area contributed by atoms with Gasteiger partial charge < -0.3 is 9.88 Å². The second-order valence-electron chi connectivity index (χ2n) is 5.22. The van der Waals surface area contributed by atoms with E-state index in [1.165, 1.54) is 6.33 Å². The van der Waals surface area contributed by atoms with Crippen molar-refractivity contribution in [3.05, 3.63) is 42.7 Å². The molecule has 0 saturated carbocycles. The first-order valence-corrected chi connectivity index (χ1v) is 7.18. The van der Waals surface area contributed by atoms with Gasteiger partial charge in [0.1, 0.15) is 18.5 Å². The molecule has 1 aromatic carbocycles. The molecule has 0 aliphatic carbocycles. The maximum atomic E-state index is 12.0. The van der Waals surface area contributed by atoms with Crippen LogP contribution < -0.4 is 5.32 Å². The van der Waals surface area contributed by atoms with Crippen LogP contribution >= 0.6 is 0 Å². The van der Waals surface area contributed by atoms with E-state index in [4.69, 9.17) is 0 Å². The van der Waals surface area contributed by atoms with Crippen LogP contribution in [0.15, 0.2) is 36.9 Å². The molecule has 114 valence electrons. The average molecular weight is 298 g/mol. The smallest absolute Gasteiger partial charge is 0.222 e. The highest BCUT2D eigenvalue weighted by Crippen LogP contribution is 2.19. The van der Waals surface area contributed by atoms with Gasteiger partial charge in [0, 0.05) is 13.5 Å². The summed E-state index contributed by atoms with van der Waals surface area (Å²) >= 11 is 0. The van der Waals surface area contributed by atoms with E-state index >= 15 is 0 Å². The number of imidazole rings is 1. The number of hydrogen-bond donors (Lipinski definition) is 1. The van der Waals surface area contributed by atoms with Crippen LogP contribution in [-0.4, -0.2) is 30.2 Å². The van der Waals surface area contributed by atoms with E-state index in [0.717, 1.165) is 16.9 Å². The molecule has 22 heavy (non-hydrogen) atoms. The molecular weight excluding hydrogens is 280 g/mol. The van der Waals surface area contributed by atoms with Crippen LogP contribution in [0.2, 0.25) is 0 Å². The second kappa shape index (κ2) is 5.97. The van der Waals surface area contributed by atoms with Gasteiger partial charge in [0.15, 0.2) is 0 Å². The van der Waals surface area contributed by atoms with E-state index in [2.05, 4.69) is 20.4 Å². The first-order chi connectivity index (χ1) is 10.6. The highest BCUT2D eigenvalue weighted by Gasteiger charge is 2.16. The molecule has 1 amide bonds. The number of hydrogen-bond acceptors (Lipinski definition) is 4. The van der Waals surface area contributed by atoms with Gasteiger partial charge in [-0.2, -0.15) is 5.10 Å². The van der Waals surface area contributed by atoms with Crippen LogP contribution in [0.1, 0.15) is 25.2 Å². The summed E-state index contributed by atoms with van der Waals surface area (Å²) in [4.78, 5) is 20.5. The van der Waals surface area contributed by atoms with Crippen molar-refractivity contribution in [2.75, 3.05) is 0 Å². The number of carbonyl (C=O) groups excluding carboxylic acids is 1. The zero-order chi connectivity index (χ0) is 15.5. The molecule has 7 nitrogen and oxygen atoms in total. The molecule has 0 fully saturated rings. The number of aryl methyl sites for hydroxylation is 2. The number of fused-ring (bicyclic) bond motifs is 1. The summed E-state index contributed by atoms with van der Waals surface area (Å²) in [5, 5.41) is 6.95. The van der Waals surface area contributed by atoms with Crippen molar-refractivity contribution in [2.45, 2.75) is 25.9 Å². The molecule has 1 atom stereocenters. The third-order valence-corrected chi connectivity index (χ3v) is 3.62. The van der Waals surface area contributed by atoms with Gasteiger partial charge in [-0.25, -0.2) is 9.97 Å². The Kier molecular flexibility index (Phi) is 3.86. The number of carbonyl (C=O) groups is 1. The molecule has 3 rings (SSSR count). The first-order valence-electron chi connectivity index (χ1n) is 7.18. The molecule has 0 radical (unpaired) electrons. The van der Waals surface area contributed by atoms with Crippen LogP contribution in [0.4, 0.5) is 0 Å². The van der Waals surface area contributed by atoms with Crippen LogP contribution in [0.25, 0.3) is 11.0 Å². The lowest BCUT2D eigenvalue weighted by atomic mass is 10.3. The van der Waals surface area contributed by atoms with E-state index in [1.807, 2.05) is 42.8 Å². The van der Waals surface area contributed by atoms with Gasteiger partial charge >= 0.3 is 0 Å². The molecule has 7 heteroatoms. The molecule has 1 unspecified atom stereocenters. The van der Waals surface area contributed by atoms with Crippen LogP contribution in [0.5, 0.6) is 0 Å². The highest BCUT2D eigenvalue weighted by molar-refractivity contribution is 5.77. The van der Waals surface area contributed by atoms with Crippen LogP contribution in [0.3, 0.4) is 0 Å². The Morgan fingerprint density at radius 2 is 2.18 bits per heavy atom. The second-order valence-corrected chi connectivity index (χ2v) is 5.22. The van der Waals surface area contributed by atoms with E-state index in [9.17, 15) is 4.79 Å². The fourth-order valence-corrected chi connectivity index (χ4v) is 2.49. The Morgan fingerprint density at radius 1 is 1.36 bits per heavy atom. The summed E-state index contributed by atoms with van der Waals surface area (Å²) in [6.45, 7) is 2.45. The van der Waals surface area contributed by atoms with Gasteiger partial charge in [-0.15, -0.1) is 0 Å². The van der Waals surface area contributed by atoms with Crippen molar-refractivity contribution in [3.63, 3.8) is 0 Å². The third kappa shape index (κ3) is 2.83. The summed E-state index contributed by atoms with van der Waals surface area (Å²) in [5.74, 6) is 0.811. The third-order valence-electron chi connectivity index (χ3n) is 3.62. The van der Waals surface area contributed by atoms with Gasteiger partial charge in [0.2, 0.25) is 5.91 Å².